The summed E-state index contributed by atoms with van der Waals surface area (Å²) in [4.78, 5) is 8.17. The molecule has 486 valence electrons. The maximum atomic E-state index is 12.5. The standard InChI is InChI=1S/C13H20O.2C12H15F3.2C11H15Cl.2C9H13N/c1-10(2)12(13(3,4)14)11-8-6-5-7-9-11;1-8(2)4-10-5-9(3)6-11(7-10)12(13,14)15;1-8(2)6-10-4-5-11(7-9(10)3)12(13,14)15;1-8(2)6-10-7-9(3)4-5-11(10)12;1-8(2)6-10-5-4-9(3)7-11(10)12;1-8(2)7-9-3-5-10-6-4-9;1-8(2)7-9-5-3-4-6-10-9/h5-10,12,14H,1-4H3;5-8H,4H2,1-3H3;4-5,7-8H,6H2,1-3H3;2*4-5,7-8H,6H2,1-3H3;2*3-6,8H,7H2,1-2H3. The lowest BCUT2D eigenvalue weighted by Gasteiger charge is -2.33. The Balaban J connectivity index is 0.000000516. The third kappa shape index (κ3) is 35.6. The molecule has 3 nitrogen and oxygen atoms in total. The zero-order chi connectivity index (χ0) is 67.1. The smallest absolute Gasteiger partial charge is 0.390 e. The first-order chi connectivity index (χ1) is 40.8. The molecule has 0 saturated carbocycles. The van der Waals surface area contributed by atoms with Crippen LogP contribution in [0.1, 0.15) is 189 Å². The molecule has 0 aliphatic rings. The van der Waals surface area contributed by atoms with Crippen molar-refractivity contribution in [2.24, 2.45) is 41.4 Å². The van der Waals surface area contributed by atoms with Crippen LogP contribution in [0, 0.1) is 69.1 Å². The lowest BCUT2D eigenvalue weighted by Crippen LogP contribution is -2.32. The van der Waals surface area contributed by atoms with Gasteiger partial charge in [0.05, 0.1) is 16.7 Å². The molecule has 5 aromatic carbocycles. The Hall–Kier alpha value is -5.48. The summed E-state index contributed by atoms with van der Waals surface area (Å²) in [5.41, 5.74) is 10.2. The number of hydrogen-bond donors (Lipinski definition) is 1. The largest absolute Gasteiger partial charge is 0.416 e. The van der Waals surface area contributed by atoms with Gasteiger partial charge in [-0.25, -0.2) is 0 Å². The van der Waals surface area contributed by atoms with Gasteiger partial charge in [0.15, 0.2) is 0 Å². The maximum Gasteiger partial charge on any atom is 0.416 e. The molecule has 88 heavy (non-hydrogen) atoms. The number of aryl methyl sites for hydroxylation is 4. The summed E-state index contributed by atoms with van der Waals surface area (Å²) in [7, 11) is 0. The molecule has 0 amide bonds. The first kappa shape index (κ1) is 80.5. The van der Waals surface area contributed by atoms with Crippen molar-refractivity contribution < 1.29 is 31.4 Å². The van der Waals surface area contributed by atoms with E-state index in [9.17, 15) is 31.4 Å². The summed E-state index contributed by atoms with van der Waals surface area (Å²) in [6, 6.07) is 41.1. The fourth-order valence-electron chi connectivity index (χ4n) is 9.91. The van der Waals surface area contributed by atoms with E-state index in [1.807, 2.05) is 101 Å². The number of rotatable bonds is 15. The lowest BCUT2D eigenvalue weighted by molar-refractivity contribution is -0.138. The zero-order valence-corrected chi connectivity index (χ0v) is 58.2. The molecule has 0 spiro atoms. The highest BCUT2D eigenvalue weighted by atomic mass is 35.5. The Morgan fingerprint density at radius 1 is 0.409 bits per heavy atom. The molecule has 2 aromatic heterocycles. The summed E-state index contributed by atoms with van der Waals surface area (Å²) in [5.74, 6) is 4.25. The van der Waals surface area contributed by atoms with E-state index in [1.165, 1.54) is 57.3 Å². The molecular formula is C77H106Cl2F6N2O. The van der Waals surface area contributed by atoms with E-state index in [1.54, 1.807) is 19.9 Å². The second-order valence-corrected chi connectivity index (χ2v) is 27.4. The van der Waals surface area contributed by atoms with Crippen LogP contribution in [-0.4, -0.2) is 20.7 Å². The van der Waals surface area contributed by atoms with Crippen molar-refractivity contribution in [2.45, 2.75) is 201 Å². The molecule has 0 fully saturated rings. The van der Waals surface area contributed by atoms with E-state index in [2.05, 4.69) is 155 Å². The number of alkyl halides is 6. The van der Waals surface area contributed by atoms with E-state index in [-0.39, 0.29) is 5.92 Å². The quantitative estimate of drug-likeness (QED) is 0.104. The average Bonchev–Trinajstić information content (AvgIpc) is 3.62. The number of nitrogens with zero attached hydrogens (tertiary/aromatic N) is 2. The number of aliphatic hydroxyl groups is 1. The van der Waals surface area contributed by atoms with Gasteiger partial charge in [0.2, 0.25) is 0 Å². The molecule has 1 atom stereocenters. The molecule has 7 rings (SSSR count). The Labute approximate surface area is 538 Å². The molecule has 1 unspecified atom stereocenters. The molecule has 0 radical (unpaired) electrons. The first-order valence-corrected chi connectivity index (χ1v) is 31.9. The van der Waals surface area contributed by atoms with Crippen molar-refractivity contribution in [3.05, 3.63) is 235 Å². The van der Waals surface area contributed by atoms with Gasteiger partial charge in [0, 0.05) is 40.2 Å². The van der Waals surface area contributed by atoms with Gasteiger partial charge in [0.1, 0.15) is 0 Å². The van der Waals surface area contributed by atoms with Gasteiger partial charge in [0.25, 0.3) is 0 Å². The maximum absolute atomic E-state index is 12.5. The van der Waals surface area contributed by atoms with Crippen LogP contribution in [0.5, 0.6) is 0 Å². The van der Waals surface area contributed by atoms with Crippen LogP contribution in [0.3, 0.4) is 0 Å². The third-order valence-electron chi connectivity index (χ3n) is 13.4. The minimum absolute atomic E-state index is 0.198. The first-order valence-electron chi connectivity index (χ1n) is 31.2. The Bertz CT molecular complexity index is 2940. The topological polar surface area (TPSA) is 46.0 Å². The predicted octanol–water partition coefficient (Wildman–Crippen LogP) is 23.9. The van der Waals surface area contributed by atoms with Gasteiger partial charge >= 0.3 is 12.4 Å². The van der Waals surface area contributed by atoms with Crippen molar-refractivity contribution in [2.75, 3.05) is 0 Å². The molecule has 1 N–H and O–H groups in total. The number of hydrogen-bond acceptors (Lipinski definition) is 3. The van der Waals surface area contributed by atoms with E-state index in [4.69, 9.17) is 23.2 Å². The van der Waals surface area contributed by atoms with Gasteiger partial charge in [-0.15, -0.1) is 0 Å². The fourth-order valence-corrected chi connectivity index (χ4v) is 10.4. The lowest BCUT2D eigenvalue weighted by atomic mass is 9.77. The number of halogens is 8. The normalized spacial score (nSPS) is 11.7. The SMILES string of the molecule is CC(C)C(c1ccccc1)C(C)(C)O.CC(C)Cc1ccccn1.CC(C)Cc1ccncc1.Cc1cc(C(F)(F)F)ccc1CC(C)C.Cc1cc(CC(C)C)cc(C(F)(F)F)c1.Cc1ccc(CC(C)C)c(Cl)c1.Cc1ccc(Cl)c(CC(C)C)c1. The Morgan fingerprint density at radius 2 is 0.886 bits per heavy atom. The molecule has 7 aromatic rings. The highest BCUT2D eigenvalue weighted by Gasteiger charge is 2.32. The molecular weight excluding hydrogens is 1150 g/mol. The van der Waals surface area contributed by atoms with Gasteiger partial charge in [-0.05, 0) is 227 Å². The highest BCUT2D eigenvalue weighted by Crippen LogP contribution is 2.35. The second-order valence-electron chi connectivity index (χ2n) is 26.6. The van der Waals surface area contributed by atoms with Crippen molar-refractivity contribution in [1.29, 1.82) is 0 Å². The second kappa shape index (κ2) is 40.3. The Kier molecular flexibility index (Phi) is 36.9. The van der Waals surface area contributed by atoms with E-state index >= 15 is 0 Å². The van der Waals surface area contributed by atoms with Crippen LogP contribution in [0.25, 0.3) is 0 Å². The third-order valence-corrected chi connectivity index (χ3v) is 14.1. The van der Waals surface area contributed by atoms with E-state index in [0.29, 0.717) is 47.5 Å². The molecule has 0 aliphatic carbocycles. The molecule has 2 heterocycles. The number of aromatic nitrogens is 2. The van der Waals surface area contributed by atoms with Crippen molar-refractivity contribution >= 4 is 23.2 Å². The summed E-state index contributed by atoms with van der Waals surface area (Å²) in [6.07, 6.45) is 2.95. The van der Waals surface area contributed by atoms with Crippen molar-refractivity contribution in [3.63, 3.8) is 0 Å². The molecule has 11 heteroatoms. The summed E-state index contributed by atoms with van der Waals surface area (Å²) in [6.45, 7) is 41.4. The highest BCUT2D eigenvalue weighted by molar-refractivity contribution is 6.31. The zero-order valence-electron chi connectivity index (χ0n) is 56.7. The minimum atomic E-state index is -4.24. The van der Waals surface area contributed by atoms with Crippen LogP contribution < -0.4 is 0 Å². The van der Waals surface area contributed by atoms with Gasteiger partial charge < -0.3 is 5.11 Å². The monoisotopic (exact) mass is 1260 g/mol. The van der Waals surface area contributed by atoms with Crippen LogP contribution in [0.2, 0.25) is 10.0 Å². The van der Waals surface area contributed by atoms with Crippen LogP contribution >= 0.6 is 23.2 Å². The molecule has 0 aliphatic heterocycles. The van der Waals surface area contributed by atoms with Crippen molar-refractivity contribution in [3.8, 4) is 0 Å². The minimum Gasteiger partial charge on any atom is -0.390 e. The predicted molar refractivity (Wildman–Crippen MR) is 365 cm³/mol. The van der Waals surface area contributed by atoms with Crippen LogP contribution in [0.4, 0.5) is 26.3 Å². The summed E-state index contributed by atoms with van der Waals surface area (Å²) >= 11 is 12.1. The van der Waals surface area contributed by atoms with Crippen molar-refractivity contribution in [1.82, 2.24) is 9.97 Å². The van der Waals surface area contributed by atoms with Crippen LogP contribution in [-0.2, 0) is 50.9 Å². The summed E-state index contributed by atoms with van der Waals surface area (Å²) < 4.78 is 74.5. The van der Waals surface area contributed by atoms with Gasteiger partial charge in [-0.3, -0.25) is 9.97 Å². The number of pyridine rings is 2. The molecule has 0 bridgehead atoms. The fraction of sp³-hybridized carbons (Fsp3) is 0.481. The number of benzene rings is 5. The van der Waals surface area contributed by atoms with Gasteiger partial charge in [-0.1, -0.05) is 204 Å². The Morgan fingerprint density at radius 3 is 1.35 bits per heavy atom. The van der Waals surface area contributed by atoms with E-state index < -0.39 is 29.1 Å². The average molecular weight is 1260 g/mol. The molecule has 0 saturated heterocycles. The van der Waals surface area contributed by atoms with Crippen LogP contribution in [0.15, 0.2) is 152 Å². The van der Waals surface area contributed by atoms with E-state index in [0.717, 1.165) is 70.8 Å². The van der Waals surface area contributed by atoms with Gasteiger partial charge in [-0.2, -0.15) is 26.3 Å². The summed E-state index contributed by atoms with van der Waals surface area (Å²) in [5, 5.41) is 11.9.